The third-order valence-corrected chi connectivity index (χ3v) is 5.34. The van der Waals surface area contributed by atoms with Crippen LogP contribution in [0.5, 0.6) is 5.75 Å². The van der Waals surface area contributed by atoms with Gasteiger partial charge >= 0.3 is 0 Å². The van der Waals surface area contributed by atoms with Gasteiger partial charge in [-0.1, -0.05) is 26.0 Å². The molecule has 4 rings (SSSR count). The Hall–Kier alpha value is -2.30. The maximum atomic E-state index is 12.8. The van der Waals surface area contributed by atoms with Crippen molar-refractivity contribution < 1.29 is 9.53 Å². The molecule has 25 heavy (non-hydrogen) atoms. The first-order chi connectivity index (χ1) is 12.1. The Labute approximate surface area is 148 Å². The van der Waals surface area contributed by atoms with Crippen molar-refractivity contribution in [1.82, 2.24) is 15.1 Å². The molecule has 2 aromatic rings. The predicted molar refractivity (Wildman–Crippen MR) is 95.9 cm³/mol. The van der Waals surface area contributed by atoms with Crippen LogP contribution in [0.2, 0.25) is 0 Å². The second-order valence-corrected chi connectivity index (χ2v) is 7.33. The zero-order valence-electron chi connectivity index (χ0n) is 14.9. The summed E-state index contributed by atoms with van der Waals surface area (Å²) in [6.45, 7) is 5.63. The zero-order valence-corrected chi connectivity index (χ0v) is 14.9. The van der Waals surface area contributed by atoms with Crippen molar-refractivity contribution in [3.63, 3.8) is 0 Å². The average Bonchev–Trinajstić information content (AvgIpc) is 3.00. The minimum absolute atomic E-state index is 0.0359. The molecule has 1 saturated heterocycles. The SMILES string of the molecule is CCc1cccc(OC2CN(C(=O)c3n[nH]c4c3CC(C)CC4)C2)c1. The minimum atomic E-state index is 0.0359. The quantitative estimate of drug-likeness (QED) is 0.931. The number of likely N-dealkylation sites (tertiary alicyclic amines) is 1. The lowest BCUT2D eigenvalue weighted by atomic mass is 9.87. The fraction of sp³-hybridized carbons (Fsp3) is 0.500. The van der Waals surface area contributed by atoms with Gasteiger partial charge in [0, 0.05) is 11.3 Å². The van der Waals surface area contributed by atoms with Crippen molar-refractivity contribution in [3.05, 3.63) is 46.8 Å². The molecule has 1 unspecified atom stereocenters. The molecule has 1 fully saturated rings. The number of nitrogens with one attached hydrogen (secondary N) is 1. The van der Waals surface area contributed by atoms with E-state index >= 15 is 0 Å². The van der Waals surface area contributed by atoms with Crippen LogP contribution in [0.25, 0.3) is 0 Å². The smallest absolute Gasteiger partial charge is 0.274 e. The molecule has 0 saturated carbocycles. The van der Waals surface area contributed by atoms with Crippen molar-refractivity contribution in [2.24, 2.45) is 5.92 Å². The standard InChI is InChI=1S/C20H25N3O2/c1-3-14-5-4-6-15(10-14)25-16-11-23(12-16)20(24)19-17-9-13(2)7-8-18(17)21-22-19/h4-6,10,13,16H,3,7-9,11-12H2,1-2H3,(H,21,22). The molecule has 1 atom stereocenters. The Morgan fingerprint density at radius 1 is 1.40 bits per heavy atom. The van der Waals surface area contributed by atoms with E-state index in [9.17, 15) is 4.79 Å². The lowest BCUT2D eigenvalue weighted by Gasteiger charge is -2.38. The number of carbonyl (C=O) groups is 1. The van der Waals surface area contributed by atoms with Gasteiger partial charge in [0.1, 0.15) is 11.9 Å². The summed E-state index contributed by atoms with van der Waals surface area (Å²) in [6.07, 6.45) is 4.18. The maximum absolute atomic E-state index is 12.8. The highest BCUT2D eigenvalue weighted by Gasteiger charge is 2.36. The number of aromatic amines is 1. The summed E-state index contributed by atoms with van der Waals surface area (Å²) in [4.78, 5) is 14.6. The number of rotatable bonds is 4. The molecule has 0 radical (unpaired) electrons. The first-order valence-electron chi connectivity index (χ1n) is 9.25. The molecular formula is C20H25N3O2. The van der Waals surface area contributed by atoms with E-state index in [1.807, 2.05) is 17.0 Å². The number of aryl methyl sites for hydroxylation is 2. The van der Waals surface area contributed by atoms with E-state index < -0.39 is 0 Å². The number of hydrogen-bond donors (Lipinski definition) is 1. The number of H-pyrrole nitrogens is 1. The fourth-order valence-electron chi connectivity index (χ4n) is 3.71. The van der Waals surface area contributed by atoms with Gasteiger partial charge in [0.05, 0.1) is 13.1 Å². The lowest BCUT2D eigenvalue weighted by Crippen LogP contribution is -2.56. The van der Waals surface area contributed by atoms with Gasteiger partial charge in [-0.3, -0.25) is 9.89 Å². The number of fused-ring (bicyclic) bond motifs is 1. The van der Waals surface area contributed by atoms with Gasteiger partial charge in [-0.25, -0.2) is 0 Å². The zero-order chi connectivity index (χ0) is 17.4. The van der Waals surface area contributed by atoms with Crippen LogP contribution in [0.3, 0.4) is 0 Å². The third-order valence-electron chi connectivity index (χ3n) is 5.34. The van der Waals surface area contributed by atoms with E-state index in [1.54, 1.807) is 0 Å². The number of benzene rings is 1. The van der Waals surface area contributed by atoms with Crippen LogP contribution in [0.15, 0.2) is 24.3 Å². The van der Waals surface area contributed by atoms with E-state index in [2.05, 4.69) is 36.2 Å². The number of hydrogen-bond acceptors (Lipinski definition) is 3. The van der Waals surface area contributed by atoms with Crippen LogP contribution in [0, 0.1) is 5.92 Å². The Kier molecular flexibility index (Phi) is 4.24. The molecule has 2 heterocycles. The molecule has 2 aliphatic rings. The van der Waals surface area contributed by atoms with Crippen molar-refractivity contribution in [1.29, 1.82) is 0 Å². The Morgan fingerprint density at radius 3 is 3.04 bits per heavy atom. The molecule has 132 valence electrons. The van der Waals surface area contributed by atoms with Crippen LogP contribution in [0.4, 0.5) is 0 Å². The average molecular weight is 339 g/mol. The Bertz CT molecular complexity index is 777. The molecule has 1 aliphatic heterocycles. The Balaban J connectivity index is 1.37. The van der Waals surface area contributed by atoms with Gasteiger partial charge in [0.15, 0.2) is 5.69 Å². The molecule has 5 heteroatoms. The van der Waals surface area contributed by atoms with Crippen LogP contribution < -0.4 is 4.74 Å². The van der Waals surface area contributed by atoms with Crippen molar-refractivity contribution in [2.75, 3.05) is 13.1 Å². The molecule has 5 nitrogen and oxygen atoms in total. The highest BCUT2D eigenvalue weighted by atomic mass is 16.5. The first-order valence-corrected chi connectivity index (χ1v) is 9.25. The Morgan fingerprint density at radius 2 is 2.24 bits per heavy atom. The van der Waals surface area contributed by atoms with Crippen LogP contribution in [0.1, 0.15) is 47.6 Å². The van der Waals surface area contributed by atoms with E-state index in [0.717, 1.165) is 36.3 Å². The van der Waals surface area contributed by atoms with Gasteiger partial charge in [-0.15, -0.1) is 0 Å². The van der Waals surface area contributed by atoms with Crippen LogP contribution >= 0.6 is 0 Å². The van der Waals surface area contributed by atoms with Gasteiger partial charge in [-0.05, 0) is 49.3 Å². The number of nitrogens with zero attached hydrogens (tertiary/aromatic N) is 2. The molecule has 0 spiro atoms. The summed E-state index contributed by atoms with van der Waals surface area (Å²) in [5, 5.41) is 7.38. The van der Waals surface area contributed by atoms with E-state index in [0.29, 0.717) is 24.7 Å². The summed E-state index contributed by atoms with van der Waals surface area (Å²) >= 11 is 0. The van der Waals surface area contributed by atoms with Gasteiger partial charge in [-0.2, -0.15) is 5.10 Å². The summed E-state index contributed by atoms with van der Waals surface area (Å²) in [5.74, 6) is 1.55. The molecular weight excluding hydrogens is 314 g/mol. The van der Waals surface area contributed by atoms with Crippen molar-refractivity contribution >= 4 is 5.91 Å². The summed E-state index contributed by atoms with van der Waals surface area (Å²) in [6, 6.07) is 8.18. The number of aromatic nitrogens is 2. The van der Waals surface area contributed by atoms with Crippen molar-refractivity contribution in [3.8, 4) is 5.75 Å². The summed E-state index contributed by atoms with van der Waals surface area (Å²) in [5.41, 5.74) is 4.16. The lowest BCUT2D eigenvalue weighted by molar-refractivity contribution is 0.0172. The second-order valence-electron chi connectivity index (χ2n) is 7.33. The number of ether oxygens (including phenoxy) is 1. The first kappa shape index (κ1) is 16.2. The normalized spacial score (nSPS) is 20.1. The molecule has 0 bridgehead atoms. The minimum Gasteiger partial charge on any atom is -0.487 e. The van der Waals surface area contributed by atoms with E-state index in [-0.39, 0.29) is 12.0 Å². The van der Waals surface area contributed by atoms with E-state index in [1.165, 1.54) is 12.0 Å². The van der Waals surface area contributed by atoms with E-state index in [4.69, 9.17) is 4.74 Å². The van der Waals surface area contributed by atoms with Gasteiger partial charge in [0.25, 0.3) is 5.91 Å². The van der Waals surface area contributed by atoms with Gasteiger partial charge in [0.2, 0.25) is 0 Å². The summed E-state index contributed by atoms with van der Waals surface area (Å²) < 4.78 is 6.00. The topological polar surface area (TPSA) is 58.2 Å². The largest absolute Gasteiger partial charge is 0.487 e. The van der Waals surface area contributed by atoms with Crippen LogP contribution in [-0.4, -0.2) is 40.2 Å². The molecule has 1 amide bonds. The number of amides is 1. The van der Waals surface area contributed by atoms with Gasteiger partial charge < -0.3 is 9.64 Å². The predicted octanol–water partition coefficient (Wildman–Crippen LogP) is 3.00. The van der Waals surface area contributed by atoms with Crippen molar-refractivity contribution in [2.45, 2.75) is 45.6 Å². The maximum Gasteiger partial charge on any atom is 0.274 e. The second kappa shape index (κ2) is 6.54. The molecule has 1 aromatic heterocycles. The molecule has 1 N–H and O–H groups in total. The highest BCUT2D eigenvalue weighted by molar-refractivity contribution is 5.94. The highest BCUT2D eigenvalue weighted by Crippen LogP contribution is 2.28. The summed E-state index contributed by atoms with van der Waals surface area (Å²) in [7, 11) is 0. The third kappa shape index (κ3) is 3.15. The van der Waals surface area contributed by atoms with Crippen LogP contribution in [-0.2, 0) is 19.3 Å². The molecule has 1 aromatic carbocycles. The monoisotopic (exact) mass is 339 g/mol. The fourth-order valence-corrected chi connectivity index (χ4v) is 3.71. The molecule has 1 aliphatic carbocycles. The number of carbonyl (C=O) groups excluding carboxylic acids is 1.